The normalized spacial score (nSPS) is 24.4. The number of nitrogens with zero attached hydrogens (tertiary/aromatic N) is 1. The number of likely N-dealkylation sites (tertiary alicyclic amines) is 1. The summed E-state index contributed by atoms with van der Waals surface area (Å²) in [7, 11) is 0. The Hall–Kier alpha value is -1.85. The molecule has 1 fully saturated rings. The molecule has 21 heavy (non-hydrogen) atoms. The third-order valence-electron chi connectivity index (χ3n) is 4.02. The van der Waals surface area contributed by atoms with Crippen molar-refractivity contribution in [2.24, 2.45) is 0 Å². The first-order valence-corrected chi connectivity index (χ1v) is 7.20. The Bertz CT molecular complexity index is 569. The van der Waals surface area contributed by atoms with Crippen LogP contribution >= 0.6 is 0 Å². The molecule has 2 atom stereocenters. The van der Waals surface area contributed by atoms with Gasteiger partial charge in [0.15, 0.2) is 0 Å². The summed E-state index contributed by atoms with van der Waals surface area (Å²) >= 11 is 0. The van der Waals surface area contributed by atoms with Gasteiger partial charge in [0, 0.05) is 19.0 Å². The van der Waals surface area contributed by atoms with E-state index in [-0.39, 0.29) is 25.1 Å². The van der Waals surface area contributed by atoms with Crippen molar-refractivity contribution >= 4 is 12.0 Å². The molecule has 2 heterocycles. The maximum atomic E-state index is 12.2. The standard InChI is InChI=1S/C16H19NO4/c18-10-13-8-14(19)9-17(13)16(20)4-2-11-1-3-15-12(7-11)5-6-21-15/h1-4,7,13-14,18-19H,5-6,8-10H2/b4-2+/t13-,14+/m0/s1. The summed E-state index contributed by atoms with van der Waals surface area (Å²) in [4.78, 5) is 13.7. The second-order valence-corrected chi connectivity index (χ2v) is 5.52. The molecule has 1 aromatic rings. The van der Waals surface area contributed by atoms with Crippen LogP contribution in [0.5, 0.6) is 5.75 Å². The molecule has 1 amide bonds. The molecule has 0 bridgehead atoms. The third-order valence-corrected chi connectivity index (χ3v) is 4.02. The lowest BCUT2D eigenvalue weighted by atomic mass is 10.1. The van der Waals surface area contributed by atoms with Crippen molar-refractivity contribution in [1.29, 1.82) is 0 Å². The lowest BCUT2D eigenvalue weighted by Gasteiger charge is -2.20. The number of amides is 1. The van der Waals surface area contributed by atoms with Gasteiger partial charge in [0.2, 0.25) is 5.91 Å². The van der Waals surface area contributed by atoms with Gasteiger partial charge in [-0.05, 0) is 35.8 Å². The molecule has 5 nitrogen and oxygen atoms in total. The van der Waals surface area contributed by atoms with Crippen LogP contribution in [0.25, 0.3) is 6.08 Å². The molecular weight excluding hydrogens is 270 g/mol. The predicted molar refractivity (Wildman–Crippen MR) is 77.9 cm³/mol. The first-order chi connectivity index (χ1) is 10.2. The van der Waals surface area contributed by atoms with Gasteiger partial charge >= 0.3 is 0 Å². The minimum atomic E-state index is -0.545. The molecule has 1 aromatic carbocycles. The van der Waals surface area contributed by atoms with Gasteiger partial charge in [0.1, 0.15) is 5.75 Å². The molecule has 0 radical (unpaired) electrons. The molecule has 0 aliphatic carbocycles. The van der Waals surface area contributed by atoms with E-state index in [4.69, 9.17) is 4.74 Å². The first-order valence-electron chi connectivity index (χ1n) is 7.20. The summed E-state index contributed by atoms with van der Waals surface area (Å²) < 4.78 is 5.45. The van der Waals surface area contributed by atoms with E-state index < -0.39 is 6.10 Å². The summed E-state index contributed by atoms with van der Waals surface area (Å²) in [5.41, 5.74) is 2.11. The molecule has 0 unspecified atom stereocenters. The highest BCUT2D eigenvalue weighted by molar-refractivity contribution is 5.92. The maximum absolute atomic E-state index is 12.2. The first kappa shape index (κ1) is 14.1. The molecule has 1 saturated heterocycles. The van der Waals surface area contributed by atoms with E-state index in [2.05, 4.69) is 0 Å². The van der Waals surface area contributed by atoms with Gasteiger partial charge in [-0.25, -0.2) is 0 Å². The molecule has 2 N–H and O–H groups in total. The fraction of sp³-hybridized carbons (Fsp3) is 0.438. The molecule has 0 saturated carbocycles. The van der Waals surface area contributed by atoms with E-state index in [0.717, 1.165) is 23.3 Å². The van der Waals surface area contributed by atoms with Crippen LogP contribution in [0, 0.1) is 0 Å². The lowest BCUT2D eigenvalue weighted by molar-refractivity contribution is -0.127. The Morgan fingerprint density at radius 2 is 2.33 bits per heavy atom. The van der Waals surface area contributed by atoms with Crippen LogP contribution in [0.3, 0.4) is 0 Å². The second kappa shape index (κ2) is 5.87. The summed E-state index contributed by atoms with van der Waals surface area (Å²) in [5, 5.41) is 18.8. The number of aliphatic hydroxyl groups is 2. The highest BCUT2D eigenvalue weighted by Crippen LogP contribution is 2.26. The fourth-order valence-electron chi connectivity index (χ4n) is 2.91. The number of ether oxygens (including phenoxy) is 1. The largest absolute Gasteiger partial charge is 0.493 e. The van der Waals surface area contributed by atoms with Crippen LogP contribution in [-0.2, 0) is 11.2 Å². The number of β-amino-alcohol motifs (C(OH)–C–C–N with tert-alkyl or cyclic N) is 1. The predicted octanol–water partition coefficient (Wildman–Crippen LogP) is 0.589. The summed E-state index contributed by atoms with van der Waals surface area (Å²) in [6.45, 7) is 0.879. The third kappa shape index (κ3) is 2.94. The van der Waals surface area contributed by atoms with Gasteiger partial charge in [0.25, 0.3) is 0 Å². The average molecular weight is 289 g/mol. The Labute approximate surface area is 123 Å². The van der Waals surface area contributed by atoms with E-state index in [1.165, 1.54) is 11.0 Å². The van der Waals surface area contributed by atoms with Gasteiger partial charge in [-0.2, -0.15) is 0 Å². The molecule has 2 aliphatic heterocycles. The van der Waals surface area contributed by atoms with Crippen LogP contribution in [0.4, 0.5) is 0 Å². The van der Waals surface area contributed by atoms with Crippen LogP contribution in [0.2, 0.25) is 0 Å². The zero-order valence-electron chi connectivity index (χ0n) is 11.7. The van der Waals surface area contributed by atoms with Crippen molar-refractivity contribution in [2.75, 3.05) is 19.8 Å². The van der Waals surface area contributed by atoms with Crippen molar-refractivity contribution in [1.82, 2.24) is 4.90 Å². The molecule has 0 spiro atoms. The Morgan fingerprint density at radius 1 is 1.48 bits per heavy atom. The quantitative estimate of drug-likeness (QED) is 0.799. The maximum Gasteiger partial charge on any atom is 0.246 e. The summed E-state index contributed by atoms with van der Waals surface area (Å²) in [6, 6.07) is 5.57. The second-order valence-electron chi connectivity index (χ2n) is 5.52. The SMILES string of the molecule is O=C(/C=C/c1ccc2c(c1)CCO2)N1C[C@H](O)C[C@H]1CO. The van der Waals surface area contributed by atoms with Gasteiger partial charge < -0.3 is 19.8 Å². The van der Waals surface area contributed by atoms with Crippen molar-refractivity contribution in [3.63, 3.8) is 0 Å². The van der Waals surface area contributed by atoms with Crippen molar-refractivity contribution in [2.45, 2.75) is 25.0 Å². The number of carbonyl (C=O) groups excluding carboxylic acids is 1. The molecule has 112 valence electrons. The smallest absolute Gasteiger partial charge is 0.246 e. The van der Waals surface area contributed by atoms with Crippen molar-refractivity contribution in [3.8, 4) is 5.75 Å². The average Bonchev–Trinajstić information content (AvgIpc) is 3.09. The van der Waals surface area contributed by atoms with E-state index in [9.17, 15) is 15.0 Å². The van der Waals surface area contributed by atoms with Crippen molar-refractivity contribution in [3.05, 3.63) is 35.4 Å². The molecular formula is C16H19NO4. The minimum absolute atomic E-state index is 0.118. The summed E-state index contributed by atoms with van der Waals surface area (Å²) in [6.07, 6.45) is 4.05. The zero-order chi connectivity index (χ0) is 14.8. The van der Waals surface area contributed by atoms with E-state index in [1.807, 2.05) is 18.2 Å². The van der Waals surface area contributed by atoms with Gasteiger partial charge in [-0.3, -0.25) is 4.79 Å². The van der Waals surface area contributed by atoms with Crippen LogP contribution < -0.4 is 4.74 Å². The van der Waals surface area contributed by atoms with E-state index >= 15 is 0 Å². The van der Waals surface area contributed by atoms with E-state index in [0.29, 0.717) is 13.0 Å². The number of carbonyl (C=O) groups is 1. The minimum Gasteiger partial charge on any atom is -0.493 e. The summed E-state index contributed by atoms with van der Waals surface area (Å²) in [5.74, 6) is 0.740. The van der Waals surface area contributed by atoms with Crippen molar-refractivity contribution < 1.29 is 19.7 Å². The number of hydrogen-bond donors (Lipinski definition) is 2. The number of rotatable bonds is 3. The molecule has 2 aliphatic rings. The number of benzene rings is 1. The van der Waals surface area contributed by atoms with Gasteiger partial charge in [0.05, 0.1) is 25.4 Å². The number of fused-ring (bicyclic) bond motifs is 1. The fourth-order valence-corrected chi connectivity index (χ4v) is 2.91. The monoisotopic (exact) mass is 289 g/mol. The zero-order valence-corrected chi connectivity index (χ0v) is 11.7. The highest BCUT2D eigenvalue weighted by Gasteiger charge is 2.32. The van der Waals surface area contributed by atoms with Gasteiger partial charge in [-0.1, -0.05) is 6.07 Å². The van der Waals surface area contributed by atoms with Gasteiger partial charge in [-0.15, -0.1) is 0 Å². The topological polar surface area (TPSA) is 70.0 Å². The number of aliphatic hydroxyl groups excluding tert-OH is 2. The lowest BCUT2D eigenvalue weighted by Crippen LogP contribution is -2.36. The molecule has 5 heteroatoms. The Balaban J connectivity index is 1.69. The Morgan fingerprint density at radius 3 is 3.14 bits per heavy atom. The molecule has 3 rings (SSSR count). The van der Waals surface area contributed by atoms with Crippen LogP contribution in [0.15, 0.2) is 24.3 Å². The highest BCUT2D eigenvalue weighted by atomic mass is 16.5. The van der Waals surface area contributed by atoms with E-state index in [1.54, 1.807) is 6.08 Å². The number of hydrogen-bond acceptors (Lipinski definition) is 4. The Kier molecular flexibility index (Phi) is 3.94. The molecule has 0 aromatic heterocycles. The van der Waals surface area contributed by atoms with Crippen LogP contribution in [0.1, 0.15) is 17.5 Å². The van der Waals surface area contributed by atoms with Crippen LogP contribution in [-0.4, -0.2) is 52.9 Å².